The summed E-state index contributed by atoms with van der Waals surface area (Å²) < 4.78 is 79.4. The Morgan fingerprint density at radius 2 is 1.70 bits per heavy atom. The largest absolute Gasteiger partial charge is 0.744 e. The summed E-state index contributed by atoms with van der Waals surface area (Å²) >= 11 is 0. The van der Waals surface area contributed by atoms with Crippen LogP contribution >= 0.6 is 0 Å². The summed E-state index contributed by atoms with van der Waals surface area (Å²) in [5.74, 6) is -0.0319. The van der Waals surface area contributed by atoms with E-state index in [1.165, 1.54) is 6.07 Å². The number of ether oxygens (including phenoxy) is 1. The highest BCUT2D eigenvalue weighted by molar-refractivity contribution is 7.86. The highest BCUT2D eigenvalue weighted by Crippen LogP contribution is 2.40. The Kier molecular flexibility index (Phi) is 6.33. The second kappa shape index (κ2) is 9.51. The minimum Gasteiger partial charge on any atom is -0.744 e. The molecule has 0 unspecified atom stereocenters. The van der Waals surface area contributed by atoms with Crippen molar-refractivity contribution >= 4 is 31.8 Å². The van der Waals surface area contributed by atoms with Crippen LogP contribution in [0.3, 0.4) is 0 Å². The van der Waals surface area contributed by atoms with E-state index in [0.29, 0.717) is 39.5 Å². The second-order valence-electron chi connectivity index (χ2n) is 10.2. The zero-order valence-electron chi connectivity index (χ0n) is 21.2. The fourth-order valence-electron chi connectivity index (χ4n) is 6.02. The number of rotatable bonds is 6. The van der Waals surface area contributed by atoms with E-state index in [2.05, 4.69) is 4.58 Å². The highest BCUT2D eigenvalue weighted by Gasteiger charge is 2.32. The summed E-state index contributed by atoms with van der Waals surface area (Å²) in [6.45, 7) is 1.84. The molecule has 3 aliphatic heterocycles. The van der Waals surface area contributed by atoms with Gasteiger partial charge in [-0.25, -0.2) is 13.0 Å². The van der Waals surface area contributed by atoms with Crippen LogP contribution in [-0.2, 0) is 44.3 Å². The summed E-state index contributed by atoms with van der Waals surface area (Å²) in [5, 5.41) is 10.8. The first-order valence-electron chi connectivity index (χ1n) is 12.8. The number of aryl methyl sites for hydroxylation is 2. The van der Waals surface area contributed by atoms with Gasteiger partial charge in [0.05, 0.1) is 15.4 Å². The molecule has 0 atom stereocenters. The van der Waals surface area contributed by atoms with Gasteiger partial charge in [0.15, 0.2) is 0 Å². The average Bonchev–Trinajstić information content (AvgIpc) is 2.90. The number of carboxylic acid groups (broad SMARTS) is 1. The van der Waals surface area contributed by atoms with E-state index >= 15 is 0 Å². The highest BCUT2D eigenvalue weighted by atomic mass is 32.2. The molecular weight excluding hydrogens is 558 g/mol. The monoisotopic (exact) mass is 583 g/mol. The Hall–Kier alpha value is -3.58. The molecule has 0 aromatic heterocycles. The van der Waals surface area contributed by atoms with Crippen LogP contribution in [0.4, 0.5) is 0 Å². The number of hydrogen-bond acceptors (Lipinski definition) is 7. The van der Waals surface area contributed by atoms with Crippen LogP contribution in [0.2, 0.25) is 0 Å². The van der Waals surface area contributed by atoms with Gasteiger partial charge in [0.1, 0.15) is 34.7 Å². The first-order valence-corrected chi connectivity index (χ1v) is 15.7. The Morgan fingerprint density at radius 3 is 2.40 bits per heavy atom. The van der Waals surface area contributed by atoms with Gasteiger partial charge in [-0.15, -0.1) is 0 Å². The van der Waals surface area contributed by atoms with Crippen molar-refractivity contribution < 1.29 is 40.6 Å². The molecule has 0 saturated carbocycles. The van der Waals surface area contributed by atoms with E-state index in [1.54, 1.807) is 18.2 Å². The molecule has 40 heavy (non-hydrogen) atoms. The Bertz CT molecular complexity index is 1960. The third kappa shape index (κ3) is 4.60. The standard InChI is InChI=1S/C28H25NO9S2/c30-25(31)10-6-16-5-8-19-23(13-16)38-28-21-4-2-12-29-11-1-3-17(27(21)29)14-22(28)26(19)20-9-7-18(39(32,33)34)15-24(20)40(35,36)37/h5,7-9,13-15H,1-4,6,10-12H2,(H2-,30,31,32,33,34,35,36,37). The van der Waals surface area contributed by atoms with Gasteiger partial charge in [-0.05, 0) is 49.1 Å². The Morgan fingerprint density at radius 1 is 0.975 bits per heavy atom. The molecule has 3 heterocycles. The molecule has 3 aromatic carbocycles. The molecular formula is C28H25NO9S2. The second-order valence-corrected chi connectivity index (χ2v) is 13.0. The van der Waals surface area contributed by atoms with Crippen molar-refractivity contribution in [3.63, 3.8) is 0 Å². The predicted molar refractivity (Wildman–Crippen MR) is 142 cm³/mol. The molecule has 2 N–H and O–H groups in total. The average molecular weight is 584 g/mol. The number of hydrogen-bond donors (Lipinski definition) is 2. The van der Waals surface area contributed by atoms with Gasteiger partial charge in [0, 0.05) is 46.7 Å². The van der Waals surface area contributed by atoms with E-state index in [9.17, 15) is 30.7 Å². The van der Waals surface area contributed by atoms with E-state index < -0.39 is 36.0 Å². The van der Waals surface area contributed by atoms with Crippen molar-refractivity contribution in [3.8, 4) is 11.5 Å². The van der Waals surface area contributed by atoms with Gasteiger partial charge >= 0.3 is 5.97 Å². The third-order valence-electron chi connectivity index (χ3n) is 7.69. The van der Waals surface area contributed by atoms with E-state index in [1.807, 2.05) is 6.07 Å². The zero-order valence-corrected chi connectivity index (χ0v) is 22.8. The smallest absolute Gasteiger partial charge is 0.303 e. The number of carbonyl (C=O) groups is 1. The van der Waals surface area contributed by atoms with Gasteiger partial charge in [0.2, 0.25) is 5.36 Å². The maximum absolute atomic E-state index is 12.5. The molecule has 0 spiro atoms. The van der Waals surface area contributed by atoms with Gasteiger partial charge in [-0.3, -0.25) is 9.35 Å². The molecule has 3 aromatic rings. The Balaban J connectivity index is 1.72. The van der Waals surface area contributed by atoms with Gasteiger partial charge < -0.3 is 14.4 Å². The Labute approximate surface area is 230 Å². The van der Waals surface area contributed by atoms with Crippen molar-refractivity contribution in [3.05, 3.63) is 80.9 Å². The molecule has 0 fully saturated rings. The van der Waals surface area contributed by atoms with Crippen LogP contribution in [0.1, 0.15) is 47.1 Å². The molecule has 0 amide bonds. The lowest BCUT2D eigenvalue weighted by molar-refractivity contribution is -0.136. The third-order valence-corrected chi connectivity index (χ3v) is 9.41. The zero-order chi connectivity index (χ0) is 28.4. The van der Waals surface area contributed by atoms with Crippen LogP contribution < -0.4 is 19.9 Å². The van der Waals surface area contributed by atoms with Crippen LogP contribution in [-0.4, -0.2) is 50.1 Å². The molecule has 208 valence electrons. The summed E-state index contributed by atoms with van der Waals surface area (Å²) in [6.07, 6.45) is 3.56. The quantitative estimate of drug-likeness (QED) is 0.254. The lowest BCUT2D eigenvalue weighted by Crippen LogP contribution is -2.45. The fourth-order valence-corrected chi connectivity index (χ4v) is 7.31. The van der Waals surface area contributed by atoms with E-state index in [-0.39, 0.29) is 18.4 Å². The van der Waals surface area contributed by atoms with Crippen LogP contribution in [0, 0.1) is 0 Å². The topological polar surface area (TPSA) is 161 Å². The van der Waals surface area contributed by atoms with E-state index in [4.69, 9.17) is 9.84 Å². The van der Waals surface area contributed by atoms with Crippen molar-refractivity contribution in [1.82, 2.24) is 4.58 Å². The maximum atomic E-state index is 12.5. The first-order chi connectivity index (χ1) is 18.9. The van der Waals surface area contributed by atoms with Crippen molar-refractivity contribution in [2.45, 2.75) is 48.3 Å². The normalized spacial score (nSPS) is 16.1. The first kappa shape index (κ1) is 26.6. The number of aliphatic carboxylic acids is 1. The lowest BCUT2D eigenvalue weighted by atomic mass is 9.87. The molecule has 12 heteroatoms. The lowest BCUT2D eigenvalue weighted by Gasteiger charge is -2.27. The minimum absolute atomic E-state index is 0.0119. The number of carboxylic acids is 1. The molecule has 0 aliphatic carbocycles. The van der Waals surface area contributed by atoms with Gasteiger partial charge in [0.25, 0.3) is 10.1 Å². The van der Waals surface area contributed by atoms with Crippen LogP contribution in [0.5, 0.6) is 11.5 Å². The summed E-state index contributed by atoms with van der Waals surface area (Å²) in [5.41, 5.74) is 3.63. The number of nitrogens with zero attached hydrogens (tertiary/aromatic N) is 1. The molecule has 3 aliphatic rings. The maximum Gasteiger partial charge on any atom is 0.303 e. The fraction of sp³-hybridized carbons (Fsp3) is 0.286. The SMILES string of the molecule is O=C(O)CCc1ccc2c(c1)Oc1c3c4c(cc1=C2c1ccc(S(=O)(=O)O)cc1S(=O)(=O)[O-])CCC[N+]=4CCC3. The predicted octanol–water partition coefficient (Wildman–Crippen LogP) is 1.59. The van der Waals surface area contributed by atoms with Crippen molar-refractivity contribution in [2.75, 3.05) is 13.1 Å². The molecule has 10 nitrogen and oxygen atoms in total. The van der Waals surface area contributed by atoms with Crippen molar-refractivity contribution in [2.24, 2.45) is 0 Å². The van der Waals surface area contributed by atoms with E-state index in [0.717, 1.165) is 61.3 Å². The molecule has 6 rings (SSSR count). The van der Waals surface area contributed by atoms with Gasteiger partial charge in [-0.2, -0.15) is 8.42 Å². The molecule has 0 bridgehead atoms. The summed E-state index contributed by atoms with van der Waals surface area (Å²) in [7, 11) is -9.97. The summed E-state index contributed by atoms with van der Waals surface area (Å²) in [4.78, 5) is 9.67. The number of fused-ring (bicyclic) bond motifs is 3. The van der Waals surface area contributed by atoms with Crippen molar-refractivity contribution in [1.29, 1.82) is 0 Å². The molecule has 0 radical (unpaired) electrons. The van der Waals surface area contributed by atoms with Crippen LogP contribution in [0.25, 0.3) is 5.57 Å². The van der Waals surface area contributed by atoms with Crippen LogP contribution in [0.15, 0.2) is 52.3 Å². The minimum atomic E-state index is -5.19. The molecule has 0 saturated heterocycles. The van der Waals surface area contributed by atoms with Gasteiger partial charge in [-0.1, -0.05) is 18.2 Å². The summed E-state index contributed by atoms with van der Waals surface area (Å²) in [6, 6.07) is 10.1. The number of benzene rings is 3.